The fraction of sp³-hybridized carbons (Fsp3) is 0.130. The van der Waals surface area contributed by atoms with Gasteiger partial charge in [0.25, 0.3) is 5.56 Å². The summed E-state index contributed by atoms with van der Waals surface area (Å²) in [6, 6.07) is 14.3. The molecule has 0 bridgehead atoms. The Morgan fingerprint density at radius 2 is 1.97 bits per heavy atom. The van der Waals surface area contributed by atoms with Crippen molar-refractivity contribution in [2.24, 2.45) is 4.99 Å². The van der Waals surface area contributed by atoms with Crippen molar-refractivity contribution < 1.29 is 9.90 Å². The highest BCUT2D eigenvalue weighted by molar-refractivity contribution is 7.71. The Balaban J connectivity index is 1.86. The van der Waals surface area contributed by atoms with Crippen molar-refractivity contribution in [3.05, 3.63) is 90.5 Å². The number of amides is 1. The lowest BCUT2D eigenvalue weighted by molar-refractivity contribution is -0.118. The quantitative estimate of drug-likeness (QED) is 0.503. The second kappa shape index (κ2) is 8.94. The Morgan fingerprint density at radius 1 is 1.25 bits per heavy atom. The minimum atomic E-state index is -0.530. The summed E-state index contributed by atoms with van der Waals surface area (Å²) in [5, 5.41) is 16.0. The van der Waals surface area contributed by atoms with E-state index in [2.05, 4.69) is 15.3 Å². The van der Waals surface area contributed by atoms with E-state index in [1.165, 1.54) is 11.5 Å². The first-order chi connectivity index (χ1) is 15.3. The highest BCUT2D eigenvalue weighted by Gasteiger charge is 2.17. The Kier molecular flexibility index (Phi) is 6.07. The van der Waals surface area contributed by atoms with Gasteiger partial charge in [0.15, 0.2) is 4.77 Å². The van der Waals surface area contributed by atoms with Crippen LogP contribution in [0.5, 0.6) is 5.88 Å². The Morgan fingerprint density at radius 3 is 2.69 bits per heavy atom. The number of halogens is 1. The monoisotopic (exact) mass is 466 g/mol. The normalized spacial score (nSPS) is 13.7. The molecule has 162 valence electrons. The number of allylic oxidation sites excluding steroid dienone is 1. The highest BCUT2D eigenvalue weighted by Crippen LogP contribution is 2.26. The number of aromatic hydroxyl groups is 1. The lowest BCUT2D eigenvalue weighted by Gasteiger charge is -2.12. The topological polar surface area (TPSA) is 99.5 Å². The SMILES string of the molecule is CC(=O)NCCC1=c2ccccc2=N/C1=C\c1c(O)n(-c2ccc(Cl)cc2)c(=S)[nH]c1=O. The molecule has 3 N–H and O–H groups in total. The maximum Gasteiger partial charge on any atom is 0.262 e. The van der Waals surface area contributed by atoms with Crippen molar-refractivity contribution >= 4 is 41.4 Å². The van der Waals surface area contributed by atoms with Gasteiger partial charge in [0.2, 0.25) is 11.8 Å². The van der Waals surface area contributed by atoms with Gasteiger partial charge in [-0.3, -0.25) is 19.1 Å². The average Bonchev–Trinajstić information content (AvgIpc) is 3.09. The molecule has 3 aromatic rings. The molecule has 1 aromatic heterocycles. The molecule has 2 aromatic carbocycles. The molecule has 7 nitrogen and oxygen atoms in total. The van der Waals surface area contributed by atoms with Gasteiger partial charge in [-0.2, -0.15) is 0 Å². The Bertz CT molecular complexity index is 1490. The van der Waals surface area contributed by atoms with Gasteiger partial charge < -0.3 is 10.4 Å². The van der Waals surface area contributed by atoms with E-state index in [9.17, 15) is 14.7 Å². The van der Waals surface area contributed by atoms with E-state index >= 15 is 0 Å². The summed E-state index contributed by atoms with van der Waals surface area (Å²) >= 11 is 11.2. The van der Waals surface area contributed by atoms with Crippen molar-refractivity contribution in [1.29, 1.82) is 0 Å². The van der Waals surface area contributed by atoms with E-state index in [0.717, 1.165) is 16.1 Å². The molecule has 0 aliphatic carbocycles. The smallest absolute Gasteiger partial charge is 0.262 e. The van der Waals surface area contributed by atoms with Gasteiger partial charge in [0.1, 0.15) is 5.56 Å². The van der Waals surface area contributed by atoms with Crippen molar-refractivity contribution in [1.82, 2.24) is 14.9 Å². The third kappa shape index (κ3) is 4.28. The van der Waals surface area contributed by atoms with Crippen LogP contribution in [0.2, 0.25) is 5.02 Å². The Hall–Kier alpha value is -3.49. The van der Waals surface area contributed by atoms with Crippen LogP contribution < -0.4 is 21.5 Å². The summed E-state index contributed by atoms with van der Waals surface area (Å²) in [5.74, 6) is -0.431. The molecule has 0 radical (unpaired) electrons. The van der Waals surface area contributed by atoms with Gasteiger partial charge in [-0.25, -0.2) is 4.99 Å². The Labute approximate surface area is 193 Å². The summed E-state index contributed by atoms with van der Waals surface area (Å²) in [4.78, 5) is 31.2. The van der Waals surface area contributed by atoms with Crippen molar-refractivity contribution in [3.63, 3.8) is 0 Å². The number of nitrogens with one attached hydrogen (secondary N) is 2. The first-order valence-electron chi connectivity index (χ1n) is 9.83. The molecule has 1 aliphatic rings. The van der Waals surface area contributed by atoms with Crippen LogP contribution in [0.25, 0.3) is 17.3 Å². The minimum Gasteiger partial charge on any atom is -0.494 e. The molecule has 0 fully saturated rings. The van der Waals surface area contributed by atoms with Crippen molar-refractivity contribution in [2.75, 3.05) is 6.54 Å². The van der Waals surface area contributed by atoms with E-state index in [1.54, 1.807) is 30.3 Å². The molecule has 0 spiro atoms. The largest absolute Gasteiger partial charge is 0.494 e. The highest BCUT2D eigenvalue weighted by atomic mass is 35.5. The predicted octanol–water partition coefficient (Wildman–Crippen LogP) is 2.61. The summed E-state index contributed by atoms with van der Waals surface area (Å²) in [6.07, 6.45) is 2.05. The first-order valence-corrected chi connectivity index (χ1v) is 10.6. The molecule has 9 heteroatoms. The summed E-state index contributed by atoms with van der Waals surface area (Å²) < 4.78 is 1.41. The molecule has 0 saturated heterocycles. The maximum atomic E-state index is 12.7. The van der Waals surface area contributed by atoms with Crippen molar-refractivity contribution in [3.8, 4) is 11.6 Å². The number of H-pyrrole nitrogens is 1. The van der Waals surface area contributed by atoms with Crippen molar-refractivity contribution in [2.45, 2.75) is 13.3 Å². The van der Waals surface area contributed by atoms with Gasteiger partial charge in [-0.15, -0.1) is 0 Å². The molecule has 1 aliphatic heterocycles. The maximum absolute atomic E-state index is 12.7. The molecule has 32 heavy (non-hydrogen) atoms. The first kappa shape index (κ1) is 21.7. The number of benzene rings is 2. The van der Waals surface area contributed by atoms with Gasteiger partial charge in [0.05, 0.1) is 16.7 Å². The van der Waals surface area contributed by atoms with Gasteiger partial charge >= 0.3 is 0 Å². The molecule has 0 saturated carbocycles. The summed E-state index contributed by atoms with van der Waals surface area (Å²) in [5.41, 5.74) is 1.45. The van der Waals surface area contributed by atoms with Gasteiger partial charge in [0, 0.05) is 23.7 Å². The molecule has 4 rings (SSSR count). The number of aromatic amines is 1. The van der Waals surface area contributed by atoms with Crippen LogP contribution in [0.1, 0.15) is 18.9 Å². The van der Waals surface area contributed by atoms with E-state index in [4.69, 9.17) is 23.8 Å². The average molecular weight is 467 g/mol. The number of carbonyl (C=O) groups is 1. The zero-order valence-electron chi connectivity index (χ0n) is 17.1. The van der Waals surface area contributed by atoms with Gasteiger partial charge in [-0.05, 0) is 60.6 Å². The molecular weight excluding hydrogens is 448 g/mol. The fourth-order valence-corrected chi connectivity index (χ4v) is 3.95. The van der Waals surface area contributed by atoms with Crippen LogP contribution in [-0.2, 0) is 4.79 Å². The molecule has 0 unspecified atom stereocenters. The third-order valence-electron chi connectivity index (χ3n) is 5.01. The molecule has 2 heterocycles. The molecule has 1 amide bonds. The fourth-order valence-electron chi connectivity index (χ4n) is 3.54. The van der Waals surface area contributed by atoms with Crippen LogP contribution in [0, 0.1) is 4.77 Å². The van der Waals surface area contributed by atoms with E-state index < -0.39 is 5.56 Å². The van der Waals surface area contributed by atoms with E-state index in [0.29, 0.717) is 29.4 Å². The molecular formula is C23H19ClN4O3S. The standard InChI is InChI=1S/C23H19ClN4O3S/c1-13(29)25-11-10-17-16-4-2-3-5-19(16)26-20(17)12-18-21(30)27-23(32)28(22(18)31)15-8-6-14(24)7-9-15/h2-9,12,31H,10-11H2,1H3,(H,25,29)(H,27,30,32)/b20-12-. The van der Waals surface area contributed by atoms with Crippen LogP contribution in [0.4, 0.5) is 0 Å². The number of fused-ring (bicyclic) bond motifs is 1. The second-order valence-electron chi connectivity index (χ2n) is 7.18. The lowest BCUT2D eigenvalue weighted by Crippen LogP contribution is -2.25. The van der Waals surface area contributed by atoms with Crippen LogP contribution >= 0.6 is 23.8 Å². The number of hydrogen-bond acceptors (Lipinski definition) is 5. The number of aromatic nitrogens is 2. The summed E-state index contributed by atoms with van der Waals surface area (Å²) in [6.45, 7) is 1.88. The predicted molar refractivity (Wildman–Crippen MR) is 126 cm³/mol. The zero-order chi connectivity index (χ0) is 22.8. The summed E-state index contributed by atoms with van der Waals surface area (Å²) in [7, 11) is 0. The van der Waals surface area contributed by atoms with Crippen LogP contribution in [0.15, 0.2) is 64.0 Å². The number of hydrogen-bond donors (Lipinski definition) is 3. The number of rotatable bonds is 5. The van der Waals surface area contributed by atoms with Crippen LogP contribution in [-0.4, -0.2) is 27.1 Å². The lowest BCUT2D eigenvalue weighted by atomic mass is 10.1. The van der Waals surface area contributed by atoms with Gasteiger partial charge in [-0.1, -0.05) is 29.8 Å². The van der Waals surface area contributed by atoms with E-state index in [1.807, 2.05) is 24.3 Å². The van der Waals surface area contributed by atoms with E-state index in [-0.39, 0.29) is 22.1 Å². The number of para-hydroxylation sites is 1. The second-order valence-corrected chi connectivity index (χ2v) is 8.00. The third-order valence-corrected chi connectivity index (χ3v) is 5.55. The molecule has 0 atom stereocenters. The van der Waals surface area contributed by atoms with Crippen LogP contribution in [0.3, 0.4) is 0 Å². The number of carbonyl (C=O) groups excluding carboxylic acids is 1. The number of nitrogens with zero attached hydrogens (tertiary/aromatic N) is 2. The minimum absolute atomic E-state index is 0.0251. The zero-order valence-corrected chi connectivity index (χ0v) is 18.6.